The summed E-state index contributed by atoms with van der Waals surface area (Å²) in [5.41, 5.74) is -1.29. The molecule has 1 heterocycles. The molecule has 0 N–H and O–H groups in total. The second-order valence-corrected chi connectivity index (χ2v) is 6.25. The maximum Gasteiger partial charge on any atom is 0.330 e. The normalized spacial score (nSPS) is 31.2. The Morgan fingerprint density at radius 1 is 1.45 bits per heavy atom. The van der Waals surface area contributed by atoms with E-state index < -0.39 is 29.7 Å². The van der Waals surface area contributed by atoms with Crippen LogP contribution < -0.4 is 0 Å². The van der Waals surface area contributed by atoms with Crippen LogP contribution in [0.5, 0.6) is 0 Å². The monoisotopic (exact) mass is 284 g/mol. The number of esters is 2. The summed E-state index contributed by atoms with van der Waals surface area (Å²) in [6.45, 7) is 11.3. The minimum absolute atomic E-state index is 0.294. The lowest BCUT2D eigenvalue weighted by molar-refractivity contribution is -0.263. The Morgan fingerprint density at radius 2 is 2.05 bits per heavy atom. The van der Waals surface area contributed by atoms with Gasteiger partial charge in [-0.05, 0) is 20.8 Å². The van der Waals surface area contributed by atoms with Crippen LogP contribution in [-0.2, 0) is 23.8 Å². The Hall–Kier alpha value is -1.36. The molecule has 5 heteroatoms. The van der Waals surface area contributed by atoms with Crippen LogP contribution in [0.2, 0.25) is 0 Å². The lowest BCUT2D eigenvalue weighted by Crippen LogP contribution is -2.52. The fourth-order valence-electron chi connectivity index (χ4n) is 1.76. The van der Waals surface area contributed by atoms with Gasteiger partial charge in [0.2, 0.25) is 6.29 Å². The van der Waals surface area contributed by atoms with Crippen molar-refractivity contribution in [1.29, 1.82) is 0 Å². The molecule has 0 spiro atoms. The summed E-state index contributed by atoms with van der Waals surface area (Å²) >= 11 is 0. The zero-order valence-corrected chi connectivity index (χ0v) is 13.1. The molecule has 0 bridgehead atoms. The van der Waals surface area contributed by atoms with Crippen molar-refractivity contribution in [1.82, 2.24) is 0 Å². The highest BCUT2D eigenvalue weighted by Gasteiger charge is 2.48. The summed E-state index contributed by atoms with van der Waals surface area (Å²) < 4.78 is 16.0. The van der Waals surface area contributed by atoms with Crippen LogP contribution in [0.25, 0.3) is 0 Å². The third kappa shape index (κ3) is 3.60. The zero-order chi connectivity index (χ0) is 15.6. The highest BCUT2D eigenvalue weighted by molar-refractivity contribution is 5.86. The fourth-order valence-corrected chi connectivity index (χ4v) is 1.76. The lowest BCUT2D eigenvalue weighted by Gasteiger charge is -2.43. The van der Waals surface area contributed by atoms with Crippen LogP contribution in [0, 0.1) is 10.8 Å². The zero-order valence-electron chi connectivity index (χ0n) is 13.1. The van der Waals surface area contributed by atoms with Crippen LogP contribution in [0.3, 0.4) is 0 Å². The van der Waals surface area contributed by atoms with Gasteiger partial charge in [0.05, 0.1) is 12.7 Å². The van der Waals surface area contributed by atoms with E-state index >= 15 is 0 Å². The standard InChI is InChI=1S/C15H24O5/c1-7-18-11(16)8-9-15(6)10(2)19-13(14(3,4)5)20-12(15)17/h8-10,13H,7H2,1-6H3/b9-8-/t10-,13-,15-/m0/s1. The van der Waals surface area contributed by atoms with Gasteiger partial charge < -0.3 is 14.2 Å². The molecule has 5 nitrogen and oxygen atoms in total. The van der Waals surface area contributed by atoms with E-state index in [0.717, 1.165) is 0 Å². The molecule has 1 rings (SSSR count). The first-order valence-electron chi connectivity index (χ1n) is 6.83. The van der Waals surface area contributed by atoms with Crippen molar-refractivity contribution in [2.24, 2.45) is 10.8 Å². The van der Waals surface area contributed by atoms with Gasteiger partial charge in [0.1, 0.15) is 5.41 Å². The number of carbonyl (C=O) groups is 2. The van der Waals surface area contributed by atoms with Crippen molar-refractivity contribution >= 4 is 11.9 Å². The number of hydrogen-bond donors (Lipinski definition) is 0. The van der Waals surface area contributed by atoms with Crippen LogP contribution in [0.4, 0.5) is 0 Å². The van der Waals surface area contributed by atoms with Crippen LogP contribution in [0.1, 0.15) is 41.5 Å². The van der Waals surface area contributed by atoms with E-state index in [-0.39, 0.29) is 5.41 Å². The maximum absolute atomic E-state index is 12.2. The molecule has 0 amide bonds. The van der Waals surface area contributed by atoms with E-state index in [1.165, 1.54) is 12.2 Å². The van der Waals surface area contributed by atoms with E-state index in [1.54, 1.807) is 20.8 Å². The second kappa shape index (κ2) is 5.95. The molecule has 0 aromatic rings. The quantitative estimate of drug-likeness (QED) is 0.588. The lowest BCUT2D eigenvalue weighted by atomic mass is 9.82. The minimum Gasteiger partial charge on any atom is -0.463 e. The van der Waals surface area contributed by atoms with Gasteiger partial charge in [-0.15, -0.1) is 0 Å². The van der Waals surface area contributed by atoms with E-state index in [9.17, 15) is 9.59 Å². The largest absolute Gasteiger partial charge is 0.463 e. The highest BCUT2D eigenvalue weighted by Crippen LogP contribution is 2.38. The predicted octanol–water partition coefficient (Wildman–Crippen LogP) is 2.45. The topological polar surface area (TPSA) is 61.8 Å². The molecule has 0 radical (unpaired) electrons. The van der Waals surface area contributed by atoms with Gasteiger partial charge in [-0.3, -0.25) is 4.79 Å². The SMILES string of the molecule is CCOC(=O)/C=C\[C@]1(C)C(=O)O[C@@H](C(C)(C)C)O[C@H]1C. The molecule has 0 aromatic carbocycles. The van der Waals surface area contributed by atoms with Gasteiger partial charge in [0.25, 0.3) is 0 Å². The van der Waals surface area contributed by atoms with Gasteiger partial charge >= 0.3 is 11.9 Å². The molecular formula is C15H24O5. The molecule has 20 heavy (non-hydrogen) atoms. The van der Waals surface area contributed by atoms with Gasteiger partial charge in [0, 0.05) is 11.5 Å². The summed E-state index contributed by atoms with van der Waals surface area (Å²) in [6, 6.07) is 0. The first-order chi connectivity index (χ1) is 9.11. The fraction of sp³-hybridized carbons (Fsp3) is 0.733. The van der Waals surface area contributed by atoms with E-state index in [2.05, 4.69) is 0 Å². The predicted molar refractivity (Wildman–Crippen MR) is 73.8 cm³/mol. The molecule has 1 aliphatic rings. The smallest absolute Gasteiger partial charge is 0.330 e. The van der Waals surface area contributed by atoms with E-state index in [4.69, 9.17) is 14.2 Å². The first-order valence-corrected chi connectivity index (χ1v) is 6.83. The summed E-state index contributed by atoms with van der Waals surface area (Å²) in [5, 5.41) is 0. The summed E-state index contributed by atoms with van der Waals surface area (Å²) in [7, 11) is 0. The van der Waals surface area contributed by atoms with Crippen molar-refractivity contribution in [2.75, 3.05) is 6.61 Å². The molecule has 1 fully saturated rings. The average molecular weight is 284 g/mol. The van der Waals surface area contributed by atoms with Crippen molar-refractivity contribution in [3.63, 3.8) is 0 Å². The Bertz CT molecular complexity index is 407. The molecular weight excluding hydrogens is 260 g/mol. The molecule has 0 aromatic heterocycles. The molecule has 0 saturated carbocycles. The number of hydrogen-bond acceptors (Lipinski definition) is 5. The number of carbonyl (C=O) groups excluding carboxylic acids is 2. The second-order valence-electron chi connectivity index (χ2n) is 6.25. The molecule has 1 saturated heterocycles. The van der Waals surface area contributed by atoms with Crippen molar-refractivity contribution in [2.45, 2.75) is 53.9 Å². The summed E-state index contributed by atoms with van der Waals surface area (Å²) in [5.74, 6) is -0.872. The minimum atomic E-state index is -0.992. The summed E-state index contributed by atoms with van der Waals surface area (Å²) in [6.07, 6.45) is 1.77. The van der Waals surface area contributed by atoms with Gasteiger partial charge in [-0.2, -0.15) is 0 Å². The first kappa shape index (κ1) is 16.7. The summed E-state index contributed by atoms with van der Waals surface area (Å²) in [4.78, 5) is 23.6. The number of cyclic esters (lactones) is 1. The number of rotatable bonds is 3. The molecule has 114 valence electrons. The molecule has 0 aliphatic carbocycles. The average Bonchev–Trinajstić information content (AvgIpc) is 2.32. The molecule has 3 atom stereocenters. The van der Waals surface area contributed by atoms with Crippen LogP contribution in [0.15, 0.2) is 12.2 Å². The van der Waals surface area contributed by atoms with Crippen molar-refractivity contribution < 1.29 is 23.8 Å². The van der Waals surface area contributed by atoms with Crippen molar-refractivity contribution in [3.05, 3.63) is 12.2 Å². The van der Waals surface area contributed by atoms with Crippen LogP contribution >= 0.6 is 0 Å². The Kier molecular flexibility index (Phi) is 4.97. The van der Waals surface area contributed by atoms with Crippen LogP contribution in [-0.4, -0.2) is 30.9 Å². The Labute approximate surface area is 120 Å². The molecule has 0 unspecified atom stereocenters. The Morgan fingerprint density at radius 3 is 2.50 bits per heavy atom. The van der Waals surface area contributed by atoms with Gasteiger partial charge in [-0.25, -0.2) is 4.79 Å². The van der Waals surface area contributed by atoms with Crippen molar-refractivity contribution in [3.8, 4) is 0 Å². The molecule has 1 aliphatic heterocycles. The van der Waals surface area contributed by atoms with Gasteiger partial charge in [-0.1, -0.05) is 26.8 Å². The third-order valence-corrected chi connectivity index (χ3v) is 3.39. The van der Waals surface area contributed by atoms with E-state index in [1.807, 2.05) is 20.8 Å². The Balaban J connectivity index is 2.86. The third-order valence-electron chi connectivity index (χ3n) is 3.39. The van der Waals surface area contributed by atoms with Gasteiger partial charge in [0.15, 0.2) is 0 Å². The van der Waals surface area contributed by atoms with E-state index in [0.29, 0.717) is 6.61 Å². The number of ether oxygens (including phenoxy) is 3. The highest BCUT2D eigenvalue weighted by atomic mass is 16.7. The maximum atomic E-state index is 12.2.